The van der Waals surface area contributed by atoms with Gasteiger partial charge in [0.1, 0.15) is 0 Å². The summed E-state index contributed by atoms with van der Waals surface area (Å²) in [6, 6.07) is 3.89. The van der Waals surface area contributed by atoms with Crippen molar-refractivity contribution < 1.29 is 14.3 Å². The van der Waals surface area contributed by atoms with Crippen molar-refractivity contribution in [2.45, 2.75) is 33.7 Å². The molecule has 0 atom stereocenters. The normalized spacial score (nSPS) is 14.3. The number of rotatable bonds is 7. The lowest BCUT2D eigenvalue weighted by Crippen LogP contribution is -2.53. The van der Waals surface area contributed by atoms with Crippen LogP contribution < -0.4 is 10.1 Å². The molecule has 0 aliphatic carbocycles. The van der Waals surface area contributed by atoms with Crippen LogP contribution in [0.25, 0.3) is 0 Å². The van der Waals surface area contributed by atoms with Crippen LogP contribution in [0.5, 0.6) is 5.88 Å². The quantitative estimate of drug-likeness (QED) is 0.349. The molecule has 0 aromatic carbocycles. The van der Waals surface area contributed by atoms with E-state index in [-0.39, 0.29) is 30.1 Å². The highest BCUT2D eigenvalue weighted by atomic mass is 127. The van der Waals surface area contributed by atoms with Gasteiger partial charge in [-0.1, -0.05) is 13.0 Å². The van der Waals surface area contributed by atoms with Crippen molar-refractivity contribution in [2.75, 3.05) is 45.9 Å². The number of carbonyl (C=O) groups is 1. The maximum absolute atomic E-state index is 11.9. The van der Waals surface area contributed by atoms with Crippen molar-refractivity contribution in [3.8, 4) is 5.88 Å². The summed E-state index contributed by atoms with van der Waals surface area (Å²) < 4.78 is 10.8. The van der Waals surface area contributed by atoms with Crippen molar-refractivity contribution in [1.29, 1.82) is 0 Å². The van der Waals surface area contributed by atoms with E-state index in [2.05, 4.69) is 22.1 Å². The summed E-state index contributed by atoms with van der Waals surface area (Å²) >= 11 is 0. The Morgan fingerprint density at radius 1 is 1.21 bits per heavy atom. The van der Waals surface area contributed by atoms with E-state index in [1.165, 1.54) is 0 Å². The molecule has 0 unspecified atom stereocenters. The van der Waals surface area contributed by atoms with E-state index in [0.29, 0.717) is 38.7 Å². The lowest BCUT2D eigenvalue weighted by molar-refractivity contribution is 0.0914. The zero-order valence-electron chi connectivity index (χ0n) is 17.0. The molecule has 28 heavy (non-hydrogen) atoms. The number of carbonyl (C=O) groups excluding carboxylic acids is 1. The summed E-state index contributed by atoms with van der Waals surface area (Å²) in [5.41, 5.74) is 0.964. The van der Waals surface area contributed by atoms with Crippen LogP contribution >= 0.6 is 24.0 Å². The predicted molar refractivity (Wildman–Crippen MR) is 120 cm³/mol. The van der Waals surface area contributed by atoms with Gasteiger partial charge < -0.3 is 24.6 Å². The molecule has 1 aliphatic rings. The molecule has 158 valence electrons. The van der Waals surface area contributed by atoms with Gasteiger partial charge in [-0.05, 0) is 26.3 Å². The molecule has 0 saturated carbocycles. The SMILES string of the molecule is CCCOc1ncccc1CN=C(NCC)N1CCN(C(=O)OCC)CC1.I. The average Bonchev–Trinajstić information content (AvgIpc) is 2.70. The summed E-state index contributed by atoms with van der Waals surface area (Å²) in [7, 11) is 0. The van der Waals surface area contributed by atoms with E-state index >= 15 is 0 Å². The molecule has 1 N–H and O–H groups in total. The van der Waals surface area contributed by atoms with Gasteiger partial charge in [0, 0.05) is 44.5 Å². The van der Waals surface area contributed by atoms with Crippen molar-refractivity contribution in [3.63, 3.8) is 0 Å². The first-order chi connectivity index (χ1) is 13.2. The maximum Gasteiger partial charge on any atom is 0.409 e. The number of amides is 1. The van der Waals surface area contributed by atoms with E-state index in [0.717, 1.165) is 37.6 Å². The molecule has 8 nitrogen and oxygen atoms in total. The van der Waals surface area contributed by atoms with Crippen LogP contribution in [-0.4, -0.2) is 72.8 Å². The third kappa shape index (κ3) is 7.33. The van der Waals surface area contributed by atoms with Crippen molar-refractivity contribution in [3.05, 3.63) is 23.9 Å². The molecule has 9 heteroatoms. The first-order valence-corrected chi connectivity index (χ1v) is 9.71. The number of pyridine rings is 1. The van der Waals surface area contributed by atoms with Gasteiger partial charge in [0.2, 0.25) is 5.88 Å². The Morgan fingerprint density at radius 2 is 1.93 bits per heavy atom. The Kier molecular flexibility index (Phi) is 11.6. The van der Waals surface area contributed by atoms with E-state index < -0.39 is 0 Å². The minimum Gasteiger partial charge on any atom is -0.477 e. The van der Waals surface area contributed by atoms with Crippen LogP contribution in [0.4, 0.5) is 4.79 Å². The summed E-state index contributed by atoms with van der Waals surface area (Å²) in [6.45, 7) is 10.9. The molecule has 1 aliphatic heterocycles. The van der Waals surface area contributed by atoms with Crippen LogP contribution in [0.3, 0.4) is 0 Å². The van der Waals surface area contributed by atoms with Gasteiger partial charge in [-0.15, -0.1) is 24.0 Å². The largest absolute Gasteiger partial charge is 0.477 e. The van der Waals surface area contributed by atoms with Gasteiger partial charge in [0.25, 0.3) is 0 Å². The monoisotopic (exact) mass is 505 g/mol. The summed E-state index contributed by atoms with van der Waals surface area (Å²) in [4.78, 5) is 24.8. The number of guanidine groups is 1. The van der Waals surface area contributed by atoms with Crippen LogP contribution in [0.15, 0.2) is 23.3 Å². The molecule has 0 bridgehead atoms. The van der Waals surface area contributed by atoms with Crippen LogP contribution in [0.2, 0.25) is 0 Å². The number of hydrogen-bond acceptors (Lipinski definition) is 5. The Hall–Kier alpha value is -1.78. The topological polar surface area (TPSA) is 79.3 Å². The number of piperazine rings is 1. The highest BCUT2D eigenvalue weighted by Crippen LogP contribution is 2.16. The number of aliphatic imine (C=N–C) groups is 1. The van der Waals surface area contributed by atoms with E-state index in [1.807, 2.05) is 26.0 Å². The van der Waals surface area contributed by atoms with Crippen molar-refractivity contribution in [2.24, 2.45) is 4.99 Å². The standard InChI is InChI=1S/C19H31N5O3.HI/c1-4-14-27-17-16(8-7-9-21-17)15-22-18(20-5-2)23-10-12-24(13-11-23)19(25)26-6-3;/h7-9H,4-6,10-15H2,1-3H3,(H,20,22);1H. The molecule has 1 aromatic rings. The summed E-state index contributed by atoms with van der Waals surface area (Å²) in [5, 5.41) is 3.33. The minimum absolute atomic E-state index is 0. The number of nitrogens with zero attached hydrogens (tertiary/aromatic N) is 4. The van der Waals surface area contributed by atoms with Gasteiger partial charge in [0.05, 0.1) is 19.8 Å². The van der Waals surface area contributed by atoms with Crippen LogP contribution in [-0.2, 0) is 11.3 Å². The average molecular weight is 505 g/mol. The molecule has 1 aromatic heterocycles. The van der Waals surface area contributed by atoms with E-state index in [1.54, 1.807) is 11.1 Å². The van der Waals surface area contributed by atoms with E-state index in [4.69, 9.17) is 14.5 Å². The summed E-state index contributed by atoms with van der Waals surface area (Å²) in [6.07, 6.45) is 2.43. The Balaban J connectivity index is 0.00000392. The number of nitrogens with one attached hydrogen (secondary N) is 1. The first-order valence-electron chi connectivity index (χ1n) is 9.71. The lowest BCUT2D eigenvalue weighted by atomic mass is 10.2. The van der Waals surface area contributed by atoms with Crippen molar-refractivity contribution in [1.82, 2.24) is 20.1 Å². The zero-order chi connectivity index (χ0) is 19.5. The summed E-state index contributed by atoms with van der Waals surface area (Å²) in [5.74, 6) is 1.48. The molecule has 1 saturated heterocycles. The lowest BCUT2D eigenvalue weighted by Gasteiger charge is -2.35. The number of aromatic nitrogens is 1. The van der Waals surface area contributed by atoms with E-state index in [9.17, 15) is 4.79 Å². The van der Waals surface area contributed by atoms with Crippen LogP contribution in [0.1, 0.15) is 32.8 Å². The molecule has 1 fully saturated rings. The van der Waals surface area contributed by atoms with Gasteiger partial charge in [-0.3, -0.25) is 0 Å². The number of halogens is 1. The minimum atomic E-state index is -0.243. The second-order valence-electron chi connectivity index (χ2n) is 6.16. The first kappa shape index (κ1) is 24.3. The molecule has 2 heterocycles. The van der Waals surface area contributed by atoms with Gasteiger partial charge in [0.15, 0.2) is 5.96 Å². The third-order valence-electron chi connectivity index (χ3n) is 4.13. The van der Waals surface area contributed by atoms with Gasteiger partial charge in [-0.2, -0.15) is 0 Å². The predicted octanol–water partition coefficient (Wildman–Crippen LogP) is 2.73. The second kappa shape index (κ2) is 13.4. The Bertz CT molecular complexity index is 621. The van der Waals surface area contributed by atoms with Crippen molar-refractivity contribution >= 4 is 36.0 Å². The molecule has 0 radical (unpaired) electrons. The second-order valence-corrected chi connectivity index (χ2v) is 6.16. The Labute approximate surface area is 184 Å². The number of ether oxygens (including phenoxy) is 2. The molecule has 0 spiro atoms. The molecule has 2 rings (SSSR count). The third-order valence-corrected chi connectivity index (χ3v) is 4.13. The number of hydrogen-bond donors (Lipinski definition) is 1. The smallest absolute Gasteiger partial charge is 0.409 e. The molecular formula is C19H32IN5O3. The Morgan fingerprint density at radius 3 is 2.57 bits per heavy atom. The molecule has 1 amide bonds. The fourth-order valence-corrected chi connectivity index (χ4v) is 2.77. The highest BCUT2D eigenvalue weighted by Gasteiger charge is 2.23. The maximum atomic E-state index is 11.9. The van der Waals surface area contributed by atoms with Crippen LogP contribution in [0, 0.1) is 0 Å². The van der Waals surface area contributed by atoms with Gasteiger partial charge >= 0.3 is 6.09 Å². The highest BCUT2D eigenvalue weighted by molar-refractivity contribution is 14.0. The fourth-order valence-electron chi connectivity index (χ4n) is 2.77. The molecular weight excluding hydrogens is 473 g/mol. The zero-order valence-corrected chi connectivity index (χ0v) is 19.3. The fraction of sp³-hybridized carbons (Fsp3) is 0.632. The van der Waals surface area contributed by atoms with Gasteiger partial charge in [-0.25, -0.2) is 14.8 Å².